The van der Waals surface area contributed by atoms with E-state index in [0.717, 1.165) is 5.56 Å². The van der Waals surface area contributed by atoms with Gasteiger partial charge >= 0.3 is 0 Å². The van der Waals surface area contributed by atoms with Gasteiger partial charge in [-0.3, -0.25) is 0 Å². The lowest BCUT2D eigenvalue weighted by Gasteiger charge is -2.27. The Balaban J connectivity index is 1.82. The molecule has 2 rings (SSSR count). The van der Waals surface area contributed by atoms with E-state index in [-0.39, 0.29) is 12.2 Å². The van der Waals surface area contributed by atoms with E-state index in [1.54, 1.807) is 0 Å². The average molecular weight is 208 g/mol. The first-order valence-electron chi connectivity index (χ1n) is 5.27. The molecule has 0 radical (unpaired) electrons. The summed E-state index contributed by atoms with van der Waals surface area (Å²) in [5.74, 6) is 0. The fourth-order valence-electron chi connectivity index (χ4n) is 1.64. The Morgan fingerprint density at radius 1 is 1.33 bits per heavy atom. The molecule has 0 amide bonds. The Kier molecular flexibility index (Phi) is 3.72. The van der Waals surface area contributed by atoms with Crippen LogP contribution in [0.25, 0.3) is 0 Å². The Morgan fingerprint density at radius 2 is 2.13 bits per heavy atom. The van der Waals surface area contributed by atoms with Crippen LogP contribution in [0.4, 0.5) is 0 Å². The maximum absolute atomic E-state index is 9.64. The molecule has 1 saturated heterocycles. The van der Waals surface area contributed by atoms with E-state index in [1.165, 1.54) is 0 Å². The molecule has 3 nitrogen and oxygen atoms in total. The molecule has 1 aliphatic rings. The highest BCUT2D eigenvalue weighted by Gasteiger charge is 2.24. The normalized spacial score (nSPS) is 26.5. The van der Waals surface area contributed by atoms with E-state index < -0.39 is 0 Å². The number of aliphatic hydroxyl groups is 1. The minimum atomic E-state index is -0.387. The van der Waals surface area contributed by atoms with Gasteiger partial charge in [0.2, 0.25) is 0 Å². The topological polar surface area (TPSA) is 38.7 Å². The van der Waals surface area contributed by atoms with E-state index >= 15 is 0 Å². The molecule has 1 N–H and O–H groups in total. The molecule has 2 atom stereocenters. The molecule has 0 aliphatic carbocycles. The zero-order valence-electron chi connectivity index (χ0n) is 8.63. The second-order valence-corrected chi connectivity index (χ2v) is 3.77. The lowest BCUT2D eigenvalue weighted by Crippen LogP contribution is -2.38. The maximum Gasteiger partial charge on any atom is 0.107 e. The first kappa shape index (κ1) is 10.6. The van der Waals surface area contributed by atoms with Crippen LogP contribution >= 0.6 is 0 Å². The van der Waals surface area contributed by atoms with Crippen LogP contribution in [0.2, 0.25) is 0 Å². The molecular weight excluding hydrogens is 192 g/mol. The molecule has 3 heteroatoms. The molecule has 2 unspecified atom stereocenters. The molecule has 15 heavy (non-hydrogen) atoms. The van der Waals surface area contributed by atoms with Gasteiger partial charge in [0.1, 0.15) is 6.10 Å². The third kappa shape index (κ3) is 3.02. The van der Waals surface area contributed by atoms with Gasteiger partial charge in [0.25, 0.3) is 0 Å². The van der Waals surface area contributed by atoms with Gasteiger partial charge in [-0.2, -0.15) is 0 Å². The fraction of sp³-hybridized carbons (Fsp3) is 0.500. The maximum atomic E-state index is 9.64. The summed E-state index contributed by atoms with van der Waals surface area (Å²) in [5.41, 5.74) is 1.12. The van der Waals surface area contributed by atoms with Crippen LogP contribution < -0.4 is 0 Å². The molecule has 1 aromatic rings. The number of rotatable bonds is 3. The fourth-order valence-corrected chi connectivity index (χ4v) is 1.64. The number of aliphatic hydroxyl groups excluding tert-OH is 1. The monoisotopic (exact) mass is 208 g/mol. The summed E-state index contributed by atoms with van der Waals surface area (Å²) in [6.07, 6.45) is 0.0980. The highest BCUT2D eigenvalue weighted by molar-refractivity contribution is 5.13. The summed E-state index contributed by atoms with van der Waals surface area (Å²) in [6, 6.07) is 9.95. The van der Waals surface area contributed by atoms with E-state index in [0.29, 0.717) is 26.2 Å². The molecule has 0 bridgehead atoms. The van der Waals surface area contributed by atoms with Gasteiger partial charge in [-0.25, -0.2) is 0 Å². The number of benzene rings is 1. The van der Waals surface area contributed by atoms with E-state index in [2.05, 4.69) is 0 Å². The van der Waals surface area contributed by atoms with Gasteiger partial charge in [0, 0.05) is 6.61 Å². The van der Waals surface area contributed by atoms with Crippen molar-refractivity contribution in [3.63, 3.8) is 0 Å². The van der Waals surface area contributed by atoms with Crippen LogP contribution in [0.1, 0.15) is 12.0 Å². The van der Waals surface area contributed by atoms with Crippen LogP contribution in [-0.4, -0.2) is 30.5 Å². The van der Waals surface area contributed by atoms with Gasteiger partial charge < -0.3 is 14.6 Å². The average Bonchev–Trinajstić information content (AvgIpc) is 2.29. The second-order valence-electron chi connectivity index (χ2n) is 3.77. The van der Waals surface area contributed by atoms with Crippen molar-refractivity contribution in [2.45, 2.75) is 25.2 Å². The predicted molar refractivity (Wildman–Crippen MR) is 56.5 cm³/mol. The quantitative estimate of drug-likeness (QED) is 0.815. The van der Waals surface area contributed by atoms with Crippen molar-refractivity contribution in [1.29, 1.82) is 0 Å². The number of hydrogen-bond donors (Lipinski definition) is 1. The van der Waals surface area contributed by atoms with Crippen molar-refractivity contribution < 1.29 is 14.6 Å². The number of hydrogen-bond acceptors (Lipinski definition) is 3. The van der Waals surface area contributed by atoms with Crippen LogP contribution in [0.5, 0.6) is 0 Å². The van der Waals surface area contributed by atoms with Gasteiger partial charge in [0.05, 0.1) is 19.3 Å². The summed E-state index contributed by atoms with van der Waals surface area (Å²) >= 11 is 0. The molecule has 1 aromatic carbocycles. The standard InChI is InChI=1S/C12H16O3/c13-11-6-7-14-9-12(11)15-8-10-4-2-1-3-5-10/h1-5,11-13H,6-9H2. The zero-order valence-corrected chi connectivity index (χ0v) is 8.63. The summed E-state index contributed by atoms with van der Waals surface area (Å²) in [4.78, 5) is 0. The predicted octanol–water partition coefficient (Wildman–Crippen LogP) is 1.35. The molecule has 1 heterocycles. The highest BCUT2D eigenvalue weighted by Crippen LogP contribution is 2.13. The van der Waals surface area contributed by atoms with Crippen molar-refractivity contribution in [3.8, 4) is 0 Å². The van der Waals surface area contributed by atoms with Gasteiger partial charge in [-0.05, 0) is 12.0 Å². The lowest BCUT2D eigenvalue weighted by molar-refractivity contribution is -0.122. The Morgan fingerprint density at radius 3 is 2.87 bits per heavy atom. The summed E-state index contributed by atoms with van der Waals surface area (Å²) in [6.45, 7) is 1.66. The Labute approximate surface area is 89.6 Å². The van der Waals surface area contributed by atoms with Crippen LogP contribution in [0.3, 0.4) is 0 Å². The van der Waals surface area contributed by atoms with Crippen molar-refractivity contribution in [2.75, 3.05) is 13.2 Å². The van der Waals surface area contributed by atoms with Crippen LogP contribution in [0, 0.1) is 0 Å². The molecule has 82 valence electrons. The van der Waals surface area contributed by atoms with E-state index in [1.807, 2.05) is 30.3 Å². The lowest BCUT2D eigenvalue weighted by atomic mass is 10.1. The molecule has 0 spiro atoms. The van der Waals surface area contributed by atoms with Crippen molar-refractivity contribution in [2.24, 2.45) is 0 Å². The third-order valence-corrected chi connectivity index (χ3v) is 2.58. The third-order valence-electron chi connectivity index (χ3n) is 2.58. The Hall–Kier alpha value is -0.900. The first-order valence-corrected chi connectivity index (χ1v) is 5.27. The summed E-state index contributed by atoms with van der Waals surface area (Å²) in [7, 11) is 0. The van der Waals surface area contributed by atoms with Gasteiger partial charge in [-0.1, -0.05) is 30.3 Å². The zero-order chi connectivity index (χ0) is 10.5. The molecule has 0 saturated carbocycles. The van der Waals surface area contributed by atoms with Crippen LogP contribution in [-0.2, 0) is 16.1 Å². The van der Waals surface area contributed by atoms with Crippen molar-refractivity contribution in [1.82, 2.24) is 0 Å². The molecule has 1 aliphatic heterocycles. The second kappa shape index (κ2) is 5.26. The minimum absolute atomic E-state index is 0.182. The number of ether oxygens (including phenoxy) is 2. The highest BCUT2D eigenvalue weighted by atomic mass is 16.5. The van der Waals surface area contributed by atoms with E-state index in [9.17, 15) is 5.11 Å². The molecule has 1 fully saturated rings. The van der Waals surface area contributed by atoms with E-state index in [4.69, 9.17) is 9.47 Å². The summed E-state index contributed by atoms with van der Waals surface area (Å²) in [5, 5.41) is 9.64. The summed E-state index contributed by atoms with van der Waals surface area (Å²) < 4.78 is 10.9. The van der Waals surface area contributed by atoms with Gasteiger partial charge in [-0.15, -0.1) is 0 Å². The molecular formula is C12H16O3. The first-order chi connectivity index (χ1) is 7.36. The van der Waals surface area contributed by atoms with Crippen LogP contribution in [0.15, 0.2) is 30.3 Å². The minimum Gasteiger partial charge on any atom is -0.390 e. The molecule has 0 aromatic heterocycles. The Bertz CT molecular complexity index is 286. The van der Waals surface area contributed by atoms with Crippen molar-refractivity contribution >= 4 is 0 Å². The smallest absolute Gasteiger partial charge is 0.107 e. The van der Waals surface area contributed by atoms with Crippen molar-refractivity contribution in [3.05, 3.63) is 35.9 Å². The SMILES string of the molecule is OC1CCOCC1OCc1ccccc1. The largest absolute Gasteiger partial charge is 0.390 e. The van der Waals surface area contributed by atoms with Gasteiger partial charge in [0.15, 0.2) is 0 Å².